The molecule has 0 aliphatic rings. The van der Waals surface area contributed by atoms with Crippen LogP contribution in [0, 0.1) is 12.3 Å². The fourth-order valence-corrected chi connectivity index (χ4v) is 1.68. The van der Waals surface area contributed by atoms with Gasteiger partial charge in [-0.25, -0.2) is 4.79 Å². The fourth-order valence-electron chi connectivity index (χ4n) is 1.68. The Morgan fingerprint density at radius 3 is 2.33 bits per heavy atom. The standard InChI is InChI=1S/C12H19N3O3/c1-7-8(6-15(5)14-7)10(16)13-9(11(17)18)12(2,3)4/h6,9H,1-5H3,(H,13,16)(H,17,18)/t9-/m1/s1. The SMILES string of the molecule is Cc1nn(C)cc1C(=O)N[C@H](C(=O)O)C(C)(C)C. The molecule has 0 radical (unpaired) electrons. The summed E-state index contributed by atoms with van der Waals surface area (Å²) < 4.78 is 1.52. The lowest BCUT2D eigenvalue weighted by Gasteiger charge is -2.27. The van der Waals surface area contributed by atoms with Gasteiger partial charge >= 0.3 is 5.97 Å². The van der Waals surface area contributed by atoms with Crippen molar-refractivity contribution in [3.8, 4) is 0 Å². The molecule has 18 heavy (non-hydrogen) atoms. The first-order valence-electron chi connectivity index (χ1n) is 5.67. The molecule has 0 aliphatic heterocycles. The van der Waals surface area contributed by atoms with Gasteiger partial charge in [-0.3, -0.25) is 9.48 Å². The smallest absolute Gasteiger partial charge is 0.326 e. The van der Waals surface area contributed by atoms with Crippen molar-refractivity contribution in [3.63, 3.8) is 0 Å². The van der Waals surface area contributed by atoms with Crippen LogP contribution >= 0.6 is 0 Å². The van der Waals surface area contributed by atoms with Gasteiger partial charge in [0, 0.05) is 13.2 Å². The first-order valence-corrected chi connectivity index (χ1v) is 5.67. The van der Waals surface area contributed by atoms with Gasteiger partial charge in [0.1, 0.15) is 6.04 Å². The van der Waals surface area contributed by atoms with E-state index in [-0.39, 0.29) is 0 Å². The molecule has 1 atom stereocenters. The number of amides is 1. The summed E-state index contributed by atoms with van der Waals surface area (Å²) in [6.45, 7) is 7.01. The summed E-state index contributed by atoms with van der Waals surface area (Å²) in [6, 6.07) is -0.940. The number of hydrogen-bond donors (Lipinski definition) is 2. The first-order chi connectivity index (χ1) is 8.12. The molecule has 1 heterocycles. The van der Waals surface area contributed by atoms with Crippen molar-refractivity contribution in [2.75, 3.05) is 0 Å². The van der Waals surface area contributed by atoms with Crippen LogP contribution in [0.4, 0.5) is 0 Å². The third-order valence-electron chi connectivity index (χ3n) is 2.65. The number of hydrogen-bond acceptors (Lipinski definition) is 3. The molecule has 0 fully saturated rings. The van der Waals surface area contributed by atoms with Crippen LogP contribution in [-0.2, 0) is 11.8 Å². The minimum Gasteiger partial charge on any atom is -0.480 e. The lowest BCUT2D eigenvalue weighted by molar-refractivity contribution is -0.142. The molecule has 2 N–H and O–H groups in total. The van der Waals surface area contributed by atoms with Gasteiger partial charge in [0.05, 0.1) is 11.3 Å². The Balaban J connectivity index is 2.93. The number of carboxylic acid groups (broad SMARTS) is 1. The second kappa shape index (κ2) is 4.80. The van der Waals surface area contributed by atoms with Crippen molar-refractivity contribution in [2.24, 2.45) is 12.5 Å². The molecule has 0 saturated heterocycles. The van der Waals surface area contributed by atoms with Gasteiger partial charge in [0.2, 0.25) is 0 Å². The maximum atomic E-state index is 12.0. The van der Waals surface area contributed by atoms with E-state index in [9.17, 15) is 9.59 Å². The zero-order chi connectivity index (χ0) is 14.1. The third kappa shape index (κ3) is 3.09. The first kappa shape index (κ1) is 14.2. The van der Waals surface area contributed by atoms with Gasteiger partial charge in [0.15, 0.2) is 0 Å². The summed E-state index contributed by atoms with van der Waals surface area (Å²) in [5.41, 5.74) is 0.415. The van der Waals surface area contributed by atoms with E-state index < -0.39 is 23.3 Å². The summed E-state index contributed by atoms with van der Waals surface area (Å²) in [6.07, 6.45) is 1.58. The molecule has 0 aromatic carbocycles. The Morgan fingerprint density at radius 2 is 2.00 bits per heavy atom. The zero-order valence-corrected chi connectivity index (χ0v) is 11.3. The number of rotatable bonds is 3. The number of nitrogens with one attached hydrogen (secondary N) is 1. The van der Waals surface area contributed by atoms with Crippen molar-refractivity contribution >= 4 is 11.9 Å². The van der Waals surface area contributed by atoms with E-state index in [2.05, 4.69) is 10.4 Å². The van der Waals surface area contributed by atoms with Gasteiger partial charge in [-0.15, -0.1) is 0 Å². The molecule has 1 rings (SSSR count). The largest absolute Gasteiger partial charge is 0.480 e. The average molecular weight is 253 g/mol. The molecule has 1 aromatic heterocycles. The predicted molar refractivity (Wildman–Crippen MR) is 66.3 cm³/mol. The van der Waals surface area contributed by atoms with E-state index >= 15 is 0 Å². The molecule has 0 saturated carbocycles. The molecule has 0 unspecified atom stereocenters. The van der Waals surface area contributed by atoms with Crippen LogP contribution in [0.25, 0.3) is 0 Å². The Morgan fingerprint density at radius 1 is 1.44 bits per heavy atom. The summed E-state index contributed by atoms with van der Waals surface area (Å²) in [7, 11) is 1.71. The Kier molecular flexibility index (Phi) is 3.79. The van der Waals surface area contributed by atoms with E-state index in [1.807, 2.05) is 0 Å². The van der Waals surface area contributed by atoms with Crippen LogP contribution in [0.5, 0.6) is 0 Å². The van der Waals surface area contributed by atoms with Crippen molar-refractivity contribution < 1.29 is 14.7 Å². The predicted octanol–water partition coefficient (Wildman–Crippen LogP) is 0.958. The van der Waals surface area contributed by atoms with E-state index in [1.165, 1.54) is 4.68 Å². The average Bonchev–Trinajstić information content (AvgIpc) is 2.51. The highest BCUT2D eigenvalue weighted by molar-refractivity contribution is 5.97. The zero-order valence-electron chi connectivity index (χ0n) is 11.3. The Labute approximate surface area is 106 Å². The molecule has 6 nitrogen and oxygen atoms in total. The van der Waals surface area contributed by atoms with Crippen LogP contribution in [-0.4, -0.2) is 32.8 Å². The number of aliphatic carboxylic acids is 1. The fraction of sp³-hybridized carbons (Fsp3) is 0.583. The minimum absolute atomic E-state index is 0.396. The quantitative estimate of drug-likeness (QED) is 0.840. The highest BCUT2D eigenvalue weighted by Crippen LogP contribution is 2.20. The van der Waals surface area contributed by atoms with Crippen molar-refractivity contribution in [1.82, 2.24) is 15.1 Å². The van der Waals surface area contributed by atoms with Crippen LogP contribution in [0.3, 0.4) is 0 Å². The van der Waals surface area contributed by atoms with Gasteiger partial charge < -0.3 is 10.4 Å². The summed E-state index contributed by atoms with van der Waals surface area (Å²) >= 11 is 0. The molecule has 0 bridgehead atoms. The number of carbonyl (C=O) groups excluding carboxylic acids is 1. The molecule has 100 valence electrons. The molecule has 1 amide bonds. The van der Waals surface area contributed by atoms with Gasteiger partial charge in [-0.2, -0.15) is 5.10 Å². The molecular weight excluding hydrogens is 234 g/mol. The third-order valence-corrected chi connectivity index (χ3v) is 2.65. The summed E-state index contributed by atoms with van der Waals surface area (Å²) in [4.78, 5) is 23.2. The Bertz CT molecular complexity index is 471. The topological polar surface area (TPSA) is 84.2 Å². The number of carboxylic acids is 1. The van der Waals surface area contributed by atoms with Crippen LogP contribution in [0.15, 0.2) is 6.20 Å². The van der Waals surface area contributed by atoms with Crippen molar-refractivity contribution in [1.29, 1.82) is 0 Å². The van der Waals surface area contributed by atoms with E-state index in [0.29, 0.717) is 11.3 Å². The Hall–Kier alpha value is -1.85. The maximum Gasteiger partial charge on any atom is 0.326 e. The number of aryl methyl sites for hydroxylation is 2. The summed E-state index contributed by atoms with van der Waals surface area (Å²) in [5.74, 6) is -1.46. The molecule has 6 heteroatoms. The van der Waals surface area contributed by atoms with Crippen LogP contribution in [0.2, 0.25) is 0 Å². The van der Waals surface area contributed by atoms with Crippen molar-refractivity contribution in [3.05, 3.63) is 17.5 Å². The second-order valence-corrected chi connectivity index (χ2v) is 5.41. The number of aromatic nitrogens is 2. The molecule has 1 aromatic rings. The van der Waals surface area contributed by atoms with Gasteiger partial charge in [-0.05, 0) is 12.3 Å². The number of carbonyl (C=O) groups is 2. The molecular formula is C12H19N3O3. The van der Waals surface area contributed by atoms with Gasteiger partial charge in [0.25, 0.3) is 5.91 Å². The van der Waals surface area contributed by atoms with Crippen LogP contribution < -0.4 is 5.32 Å². The van der Waals surface area contributed by atoms with E-state index in [0.717, 1.165) is 0 Å². The van der Waals surface area contributed by atoms with Gasteiger partial charge in [-0.1, -0.05) is 20.8 Å². The normalized spacial score (nSPS) is 13.2. The lowest BCUT2D eigenvalue weighted by Crippen LogP contribution is -2.49. The van der Waals surface area contributed by atoms with E-state index in [1.54, 1.807) is 40.9 Å². The monoisotopic (exact) mass is 253 g/mol. The van der Waals surface area contributed by atoms with Crippen LogP contribution in [0.1, 0.15) is 36.8 Å². The summed E-state index contributed by atoms with van der Waals surface area (Å²) in [5, 5.41) is 15.7. The second-order valence-electron chi connectivity index (χ2n) is 5.41. The molecule has 0 spiro atoms. The number of nitrogens with zero attached hydrogens (tertiary/aromatic N) is 2. The van der Waals surface area contributed by atoms with Crippen molar-refractivity contribution in [2.45, 2.75) is 33.7 Å². The van der Waals surface area contributed by atoms with E-state index in [4.69, 9.17) is 5.11 Å². The highest BCUT2D eigenvalue weighted by atomic mass is 16.4. The maximum absolute atomic E-state index is 12.0. The molecule has 0 aliphatic carbocycles. The minimum atomic E-state index is -1.04. The highest BCUT2D eigenvalue weighted by Gasteiger charge is 2.33. The lowest BCUT2D eigenvalue weighted by atomic mass is 9.86.